The Kier molecular flexibility index (Phi) is 5.58. The van der Waals surface area contributed by atoms with Crippen molar-refractivity contribution in [3.8, 4) is 0 Å². The summed E-state index contributed by atoms with van der Waals surface area (Å²) in [5.41, 5.74) is 0. The predicted molar refractivity (Wildman–Crippen MR) is 75.3 cm³/mol. The van der Waals surface area contributed by atoms with Crippen molar-refractivity contribution < 1.29 is 19.1 Å². The van der Waals surface area contributed by atoms with Gasteiger partial charge in [0.05, 0.1) is 12.0 Å². The fourth-order valence-corrected chi connectivity index (χ4v) is 3.42. The second-order valence-corrected chi connectivity index (χ2v) is 6.24. The first-order valence-corrected chi connectivity index (χ1v) is 7.84. The molecule has 4 nitrogen and oxygen atoms in total. The third kappa shape index (κ3) is 4.05. The Morgan fingerprint density at radius 1 is 0.900 bits per heavy atom. The highest BCUT2D eigenvalue weighted by Gasteiger charge is 2.32. The number of hydrogen-bond acceptors (Lipinski definition) is 4. The monoisotopic (exact) mass is 282 g/mol. The molecule has 0 N–H and O–H groups in total. The van der Waals surface area contributed by atoms with Crippen LogP contribution in [0.25, 0.3) is 0 Å². The van der Waals surface area contributed by atoms with Gasteiger partial charge in [-0.05, 0) is 51.9 Å². The van der Waals surface area contributed by atoms with Crippen molar-refractivity contribution in [1.82, 2.24) is 0 Å². The van der Waals surface area contributed by atoms with Crippen LogP contribution in [-0.4, -0.2) is 31.1 Å². The van der Waals surface area contributed by atoms with E-state index in [2.05, 4.69) is 0 Å². The number of ketones is 1. The topological polar surface area (TPSA) is 52.6 Å². The van der Waals surface area contributed by atoms with Crippen LogP contribution in [0.5, 0.6) is 0 Å². The van der Waals surface area contributed by atoms with Crippen LogP contribution in [0.1, 0.15) is 58.3 Å². The molecule has 2 rings (SSSR count). The largest absolute Gasteiger partial charge is 0.462 e. The molecule has 2 aliphatic rings. The molecule has 20 heavy (non-hydrogen) atoms. The zero-order valence-electron chi connectivity index (χ0n) is 12.6. The molecule has 0 heterocycles. The number of carbonyl (C=O) groups excluding carboxylic acids is 2. The van der Waals surface area contributed by atoms with E-state index in [4.69, 9.17) is 9.47 Å². The van der Waals surface area contributed by atoms with E-state index in [-0.39, 0.29) is 29.7 Å². The van der Waals surface area contributed by atoms with Gasteiger partial charge in [0.1, 0.15) is 11.9 Å². The Balaban J connectivity index is 1.78. The molecule has 2 saturated carbocycles. The van der Waals surface area contributed by atoms with Crippen LogP contribution in [0.15, 0.2) is 0 Å². The van der Waals surface area contributed by atoms with Crippen LogP contribution < -0.4 is 0 Å². The van der Waals surface area contributed by atoms with Crippen molar-refractivity contribution in [2.24, 2.45) is 11.8 Å². The molecule has 2 aliphatic carbocycles. The summed E-state index contributed by atoms with van der Waals surface area (Å²) in [6.07, 6.45) is 7.54. The number of rotatable bonds is 4. The van der Waals surface area contributed by atoms with Crippen LogP contribution in [0.4, 0.5) is 0 Å². The van der Waals surface area contributed by atoms with Crippen molar-refractivity contribution in [3.05, 3.63) is 0 Å². The zero-order chi connectivity index (χ0) is 14.5. The summed E-state index contributed by atoms with van der Waals surface area (Å²) in [4.78, 5) is 23.7. The lowest BCUT2D eigenvalue weighted by Gasteiger charge is -2.31. The zero-order valence-corrected chi connectivity index (χ0v) is 12.6. The molecular formula is C16H26O4. The smallest absolute Gasteiger partial charge is 0.309 e. The maximum Gasteiger partial charge on any atom is 0.309 e. The Bertz CT molecular complexity index is 344. The first-order chi connectivity index (χ1) is 9.60. The van der Waals surface area contributed by atoms with E-state index in [1.54, 1.807) is 14.0 Å². The minimum atomic E-state index is -0.0863. The maximum atomic E-state index is 12.2. The van der Waals surface area contributed by atoms with Gasteiger partial charge in [-0.25, -0.2) is 0 Å². The van der Waals surface area contributed by atoms with E-state index in [0.29, 0.717) is 12.5 Å². The van der Waals surface area contributed by atoms with Gasteiger partial charge in [-0.3, -0.25) is 9.59 Å². The van der Waals surface area contributed by atoms with Crippen molar-refractivity contribution in [1.29, 1.82) is 0 Å². The van der Waals surface area contributed by atoms with E-state index < -0.39 is 0 Å². The standard InChI is InChI=1S/C16H26O4/c1-11(17)12-4-3-5-13(10-12)16(18)20-15-8-6-14(19-2)7-9-15/h12-15H,3-10H2,1-2H3. The average Bonchev–Trinajstić information content (AvgIpc) is 2.48. The molecule has 2 atom stereocenters. The lowest BCUT2D eigenvalue weighted by atomic mass is 9.79. The second-order valence-electron chi connectivity index (χ2n) is 6.24. The highest BCUT2D eigenvalue weighted by atomic mass is 16.5. The maximum absolute atomic E-state index is 12.2. The Morgan fingerprint density at radius 2 is 1.50 bits per heavy atom. The molecule has 0 aliphatic heterocycles. The summed E-state index contributed by atoms with van der Waals surface area (Å²) < 4.78 is 11.0. The third-order valence-electron chi connectivity index (χ3n) is 4.82. The number of Topliss-reactive ketones (excluding diaryl/α,β-unsaturated/α-hetero) is 1. The molecule has 0 bridgehead atoms. The van der Waals surface area contributed by atoms with Crippen LogP contribution >= 0.6 is 0 Å². The molecule has 0 aromatic heterocycles. The van der Waals surface area contributed by atoms with Gasteiger partial charge in [-0.1, -0.05) is 6.42 Å². The summed E-state index contributed by atoms with van der Waals surface area (Å²) in [6.45, 7) is 1.63. The molecule has 0 aromatic carbocycles. The highest BCUT2D eigenvalue weighted by Crippen LogP contribution is 2.32. The minimum absolute atomic E-state index is 0.0478. The molecule has 0 aromatic rings. The van der Waals surface area contributed by atoms with E-state index >= 15 is 0 Å². The van der Waals surface area contributed by atoms with Gasteiger partial charge < -0.3 is 9.47 Å². The van der Waals surface area contributed by atoms with Crippen molar-refractivity contribution >= 4 is 11.8 Å². The second kappa shape index (κ2) is 7.21. The van der Waals surface area contributed by atoms with E-state index in [0.717, 1.165) is 44.9 Å². The molecule has 0 radical (unpaired) electrons. The Morgan fingerprint density at radius 3 is 2.10 bits per heavy atom. The van der Waals surface area contributed by atoms with Crippen LogP contribution in [0.3, 0.4) is 0 Å². The quantitative estimate of drug-likeness (QED) is 0.744. The van der Waals surface area contributed by atoms with Crippen molar-refractivity contribution in [2.45, 2.75) is 70.5 Å². The summed E-state index contributed by atoms with van der Waals surface area (Å²) in [5, 5.41) is 0. The fourth-order valence-electron chi connectivity index (χ4n) is 3.42. The number of esters is 1. The molecule has 0 saturated heterocycles. The van der Waals surface area contributed by atoms with Gasteiger partial charge in [0, 0.05) is 13.0 Å². The normalized spacial score (nSPS) is 34.5. The summed E-state index contributed by atoms with van der Waals surface area (Å²) in [6, 6.07) is 0. The van der Waals surface area contributed by atoms with E-state index in [1.165, 1.54) is 0 Å². The molecule has 114 valence electrons. The Hall–Kier alpha value is -0.900. The van der Waals surface area contributed by atoms with Crippen LogP contribution in [0.2, 0.25) is 0 Å². The fraction of sp³-hybridized carbons (Fsp3) is 0.875. The Labute approximate surface area is 121 Å². The highest BCUT2D eigenvalue weighted by molar-refractivity contribution is 5.80. The SMILES string of the molecule is COC1CCC(OC(=O)C2CCCC(C(C)=O)C2)CC1. The molecule has 0 spiro atoms. The molecular weight excluding hydrogens is 256 g/mol. The number of methoxy groups -OCH3 is 1. The number of ether oxygens (including phenoxy) is 2. The summed E-state index contributed by atoms with van der Waals surface area (Å²) in [5.74, 6) is 0.114. The van der Waals surface area contributed by atoms with Gasteiger partial charge in [0.2, 0.25) is 0 Å². The molecule has 0 amide bonds. The number of hydrogen-bond donors (Lipinski definition) is 0. The van der Waals surface area contributed by atoms with Gasteiger partial charge in [0.15, 0.2) is 0 Å². The van der Waals surface area contributed by atoms with Gasteiger partial charge in [-0.2, -0.15) is 0 Å². The molecule has 2 fully saturated rings. The van der Waals surface area contributed by atoms with Gasteiger partial charge >= 0.3 is 5.97 Å². The van der Waals surface area contributed by atoms with E-state index in [1.807, 2.05) is 0 Å². The van der Waals surface area contributed by atoms with Crippen molar-refractivity contribution in [3.63, 3.8) is 0 Å². The van der Waals surface area contributed by atoms with Crippen molar-refractivity contribution in [2.75, 3.05) is 7.11 Å². The summed E-state index contributed by atoms with van der Waals surface area (Å²) in [7, 11) is 1.74. The molecule has 4 heteroatoms. The first kappa shape index (κ1) is 15.5. The third-order valence-corrected chi connectivity index (χ3v) is 4.82. The number of carbonyl (C=O) groups is 2. The van der Waals surface area contributed by atoms with Gasteiger partial charge in [0.25, 0.3) is 0 Å². The first-order valence-electron chi connectivity index (χ1n) is 7.84. The average molecular weight is 282 g/mol. The summed E-state index contributed by atoms with van der Waals surface area (Å²) >= 11 is 0. The van der Waals surface area contributed by atoms with E-state index in [9.17, 15) is 9.59 Å². The predicted octanol–water partition coefficient (Wildman–Crippen LogP) is 2.88. The van der Waals surface area contributed by atoms with Gasteiger partial charge in [-0.15, -0.1) is 0 Å². The molecule has 2 unspecified atom stereocenters. The lowest BCUT2D eigenvalue weighted by Crippen LogP contribution is -2.33. The lowest BCUT2D eigenvalue weighted by molar-refractivity contribution is -0.158. The van der Waals surface area contributed by atoms with Crippen LogP contribution in [0, 0.1) is 11.8 Å². The van der Waals surface area contributed by atoms with Crippen LogP contribution in [-0.2, 0) is 19.1 Å². The minimum Gasteiger partial charge on any atom is -0.462 e.